The third-order valence-electron chi connectivity index (χ3n) is 2.78. The van der Waals surface area contributed by atoms with Gasteiger partial charge in [0.2, 0.25) is 0 Å². The first kappa shape index (κ1) is 19.9. The minimum absolute atomic E-state index is 0.109. The minimum atomic E-state index is -0.631. The van der Waals surface area contributed by atoms with Crippen LogP contribution in [0.1, 0.15) is 26.3 Å². The highest BCUT2D eigenvalue weighted by Gasteiger charge is 2.13. The van der Waals surface area contributed by atoms with Crippen molar-refractivity contribution in [2.75, 3.05) is 0 Å². The van der Waals surface area contributed by atoms with Crippen LogP contribution in [0.25, 0.3) is 0 Å². The highest BCUT2D eigenvalue weighted by Crippen LogP contribution is 2.25. The van der Waals surface area contributed by atoms with Gasteiger partial charge >= 0.3 is 17.9 Å². The SMILES string of the molecule is C=C(C)C(=O)OCc1cc(OC(=O)C(=C)C)cc(OC(=O)C(=C)C)c1. The molecule has 0 saturated carbocycles. The van der Waals surface area contributed by atoms with Crippen LogP contribution in [-0.2, 0) is 25.7 Å². The molecule has 0 saturated heterocycles. The van der Waals surface area contributed by atoms with Crippen LogP contribution >= 0.6 is 0 Å². The number of hydrogen-bond acceptors (Lipinski definition) is 6. The standard InChI is InChI=1S/C19H20O6/c1-11(2)17(20)23-10-14-7-15(24-18(21)12(3)4)9-16(8-14)25-19(22)13(5)6/h7-9H,1,3,5,10H2,2,4,6H3. The number of benzene rings is 1. The van der Waals surface area contributed by atoms with Crippen LogP contribution in [0.3, 0.4) is 0 Å². The Bertz CT molecular complexity index is 711. The van der Waals surface area contributed by atoms with E-state index < -0.39 is 17.9 Å². The predicted octanol–water partition coefficient (Wildman–Crippen LogP) is 3.27. The third kappa shape index (κ3) is 6.47. The van der Waals surface area contributed by atoms with Crippen LogP contribution in [0, 0.1) is 0 Å². The first-order chi connectivity index (χ1) is 11.6. The predicted molar refractivity (Wildman–Crippen MR) is 92.0 cm³/mol. The fourth-order valence-corrected chi connectivity index (χ4v) is 1.49. The molecule has 25 heavy (non-hydrogen) atoms. The molecule has 6 heteroatoms. The lowest BCUT2D eigenvalue weighted by molar-refractivity contribution is -0.140. The van der Waals surface area contributed by atoms with Crippen molar-refractivity contribution in [3.63, 3.8) is 0 Å². The molecule has 0 unspecified atom stereocenters. The lowest BCUT2D eigenvalue weighted by atomic mass is 10.2. The Morgan fingerprint density at radius 1 is 0.760 bits per heavy atom. The first-order valence-electron chi connectivity index (χ1n) is 7.32. The molecule has 1 rings (SSSR count). The number of rotatable bonds is 7. The summed E-state index contributed by atoms with van der Waals surface area (Å²) in [5.41, 5.74) is 1.13. The van der Waals surface area contributed by atoms with E-state index in [1.807, 2.05) is 0 Å². The van der Waals surface area contributed by atoms with Crippen molar-refractivity contribution in [3.05, 3.63) is 60.2 Å². The summed E-state index contributed by atoms with van der Waals surface area (Å²) < 4.78 is 15.3. The molecule has 0 fully saturated rings. The molecular weight excluding hydrogens is 324 g/mol. The smallest absolute Gasteiger partial charge is 0.338 e. The molecule has 0 bridgehead atoms. The molecule has 132 valence electrons. The number of esters is 3. The Morgan fingerprint density at radius 3 is 1.52 bits per heavy atom. The zero-order valence-corrected chi connectivity index (χ0v) is 14.5. The van der Waals surface area contributed by atoms with Crippen molar-refractivity contribution in [3.8, 4) is 11.5 Å². The molecule has 0 heterocycles. The van der Waals surface area contributed by atoms with E-state index in [2.05, 4.69) is 19.7 Å². The summed E-state index contributed by atoms with van der Waals surface area (Å²) in [5, 5.41) is 0. The van der Waals surface area contributed by atoms with Gasteiger partial charge in [-0.1, -0.05) is 19.7 Å². The average Bonchev–Trinajstić information content (AvgIpc) is 2.51. The number of ether oxygens (including phenoxy) is 3. The van der Waals surface area contributed by atoms with Crippen molar-refractivity contribution in [1.82, 2.24) is 0 Å². The van der Waals surface area contributed by atoms with E-state index >= 15 is 0 Å². The van der Waals surface area contributed by atoms with Crippen molar-refractivity contribution >= 4 is 17.9 Å². The van der Waals surface area contributed by atoms with Gasteiger partial charge in [0, 0.05) is 22.8 Å². The van der Waals surface area contributed by atoms with Crippen molar-refractivity contribution in [2.45, 2.75) is 27.4 Å². The maximum Gasteiger partial charge on any atom is 0.338 e. The number of carbonyl (C=O) groups is 3. The van der Waals surface area contributed by atoms with Crippen LogP contribution < -0.4 is 9.47 Å². The lowest BCUT2D eigenvalue weighted by Crippen LogP contribution is -2.11. The molecule has 0 atom stereocenters. The fourth-order valence-electron chi connectivity index (χ4n) is 1.49. The van der Waals surface area contributed by atoms with Gasteiger partial charge in [-0.2, -0.15) is 0 Å². The second-order valence-corrected chi connectivity index (χ2v) is 5.51. The number of carbonyl (C=O) groups excluding carboxylic acids is 3. The van der Waals surface area contributed by atoms with E-state index in [-0.39, 0.29) is 34.8 Å². The van der Waals surface area contributed by atoms with Crippen LogP contribution in [0.2, 0.25) is 0 Å². The highest BCUT2D eigenvalue weighted by molar-refractivity contribution is 5.90. The zero-order chi connectivity index (χ0) is 19.1. The normalized spacial score (nSPS) is 9.72. The zero-order valence-electron chi connectivity index (χ0n) is 14.5. The fraction of sp³-hybridized carbons (Fsp3) is 0.211. The summed E-state index contributed by atoms with van der Waals surface area (Å²) >= 11 is 0. The van der Waals surface area contributed by atoms with E-state index in [0.29, 0.717) is 5.56 Å². The van der Waals surface area contributed by atoms with Gasteiger partial charge in [0.15, 0.2) is 0 Å². The Kier molecular flexibility index (Phi) is 6.87. The third-order valence-corrected chi connectivity index (χ3v) is 2.78. The van der Waals surface area contributed by atoms with E-state index in [1.165, 1.54) is 39.0 Å². The minimum Gasteiger partial charge on any atom is -0.457 e. The molecule has 1 aromatic rings. The first-order valence-corrected chi connectivity index (χ1v) is 7.32. The summed E-state index contributed by atoms with van der Waals surface area (Å²) in [6.07, 6.45) is 0. The van der Waals surface area contributed by atoms with Crippen molar-refractivity contribution in [2.24, 2.45) is 0 Å². The molecular formula is C19H20O6. The molecule has 0 aliphatic heterocycles. The molecule has 1 aromatic carbocycles. The van der Waals surface area contributed by atoms with E-state index in [4.69, 9.17) is 14.2 Å². The summed E-state index contributed by atoms with van der Waals surface area (Å²) in [6.45, 7) is 14.9. The lowest BCUT2D eigenvalue weighted by Gasteiger charge is -2.11. The van der Waals surface area contributed by atoms with Crippen molar-refractivity contribution in [1.29, 1.82) is 0 Å². The second kappa shape index (κ2) is 8.63. The van der Waals surface area contributed by atoms with Gasteiger partial charge in [0.05, 0.1) is 0 Å². The Morgan fingerprint density at radius 2 is 1.16 bits per heavy atom. The van der Waals surface area contributed by atoms with Gasteiger partial charge in [0.25, 0.3) is 0 Å². The summed E-state index contributed by atoms with van der Waals surface area (Å²) in [6, 6.07) is 4.35. The van der Waals surface area contributed by atoms with Crippen LogP contribution in [0.5, 0.6) is 11.5 Å². The van der Waals surface area contributed by atoms with Gasteiger partial charge in [-0.15, -0.1) is 0 Å². The molecule has 0 aliphatic rings. The van der Waals surface area contributed by atoms with Gasteiger partial charge in [0.1, 0.15) is 18.1 Å². The highest BCUT2D eigenvalue weighted by atomic mass is 16.5. The summed E-state index contributed by atoms with van der Waals surface area (Å²) in [4.78, 5) is 34.9. The molecule has 0 aliphatic carbocycles. The molecule has 0 amide bonds. The van der Waals surface area contributed by atoms with Crippen LogP contribution in [0.4, 0.5) is 0 Å². The van der Waals surface area contributed by atoms with Crippen molar-refractivity contribution < 1.29 is 28.6 Å². The Hall–Kier alpha value is -3.15. The maximum atomic E-state index is 11.7. The molecule has 6 nitrogen and oxygen atoms in total. The van der Waals surface area contributed by atoms with Gasteiger partial charge < -0.3 is 14.2 Å². The molecule has 0 N–H and O–H groups in total. The summed E-state index contributed by atoms with van der Waals surface area (Å²) in [7, 11) is 0. The number of hydrogen-bond donors (Lipinski definition) is 0. The molecule has 0 aromatic heterocycles. The van der Waals surface area contributed by atoms with E-state index in [1.54, 1.807) is 0 Å². The monoisotopic (exact) mass is 344 g/mol. The quantitative estimate of drug-likeness (QED) is 0.429. The Balaban J connectivity index is 3.08. The van der Waals surface area contributed by atoms with E-state index in [9.17, 15) is 14.4 Å². The maximum absolute atomic E-state index is 11.7. The van der Waals surface area contributed by atoms with Gasteiger partial charge in [-0.25, -0.2) is 14.4 Å². The Labute approximate surface area is 146 Å². The van der Waals surface area contributed by atoms with E-state index in [0.717, 1.165) is 0 Å². The largest absolute Gasteiger partial charge is 0.457 e. The average molecular weight is 344 g/mol. The van der Waals surface area contributed by atoms with Crippen LogP contribution in [-0.4, -0.2) is 17.9 Å². The van der Waals surface area contributed by atoms with Gasteiger partial charge in [-0.3, -0.25) is 0 Å². The topological polar surface area (TPSA) is 78.9 Å². The second-order valence-electron chi connectivity index (χ2n) is 5.51. The van der Waals surface area contributed by atoms with Gasteiger partial charge in [-0.05, 0) is 38.5 Å². The summed E-state index contributed by atoms with van der Waals surface area (Å²) in [5.74, 6) is -1.57. The molecule has 0 radical (unpaired) electrons. The molecule has 0 spiro atoms. The van der Waals surface area contributed by atoms with Crippen LogP contribution in [0.15, 0.2) is 54.7 Å².